The number of halogens is 3. The van der Waals surface area contributed by atoms with Crippen LogP contribution in [0.3, 0.4) is 0 Å². The smallest absolute Gasteiger partial charge is 0.324 e. The second kappa shape index (κ2) is 7.22. The van der Waals surface area contributed by atoms with Crippen LogP contribution in [0.25, 0.3) is 11.0 Å². The number of para-hydroxylation sites is 3. The van der Waals surface area contributed by atoms with Crippen LogP contribution >= 0.6 is 0 Å². The molecule has 3 rings (SSSR count). The van der Waals surface area contributed by atoms with E-state index in [0.717, 1.165) is 4.57 Å². The summed E-state index contributed by atoms with van der Waals surface area (Å²) in [6, 6.07) is 13.3. The number of nitrogens with zero attached hydrogens (tertiary/aromatic N) is 2. The number of nitrogens with one attached hydrogen (secondary N) is 1. The van der Waals surface area contributed by atoms with E-state index < -0.39 is 29.4 Å². The summed E-state index contributed by atoms with van der Waals surface area (Å²) in [5.41, 5.74) is -2.22. The highest BCUT2D eigenvalue weighted by atomic mass is 19.4. The minimum atomic E-state index is -4.92. The van der Waals surface area contributed by atoms with Crippen LogP contribution < -0.4 is 10.9 Å². The molecule has 1 amide bonds. The fourth-order valence-corrected chi connectivity index (χ4v) is 2.88. The molecule has 0 aliphatic rings. The number of carbonyl (C=O) groups is 1. The lowest BCUT2D eigenvalue weighted by molar-refractivity contribution is -0.142. The molecule has 0 bridgehead atoms. The van der Waals surface area contributed by atoms with Crippen molar-refractivity contribution >= 4 is 22.6 Å². The number of aromatic nitrogens is 2. The van der Waals surface area contributed by atoms with E-state index in [1.807, 2.05) is 0 Å². The third-order valence-corrected chi connectivity index (χ3v) is 4.11. The normalized spacial score (nSPS) is 12.7. The molecule has 1 N–H and O–H groups in total. The van der Waals surface area contributed by atoms with Gasteiger partial charge in [-0.25, -0.2) is 4.98 Å². The van der Waals surface area contributed by atoms with E-state index in [4.69, 9.17) is 0 Å². The van der Waals surface area contributed by atoms with E-state index in [-0.39, 0.29) is 17.5 Å². The molecule has 140 valence electrons. The zero-order chi connectivity index (χ0) is 19.6. The Hall–Kier alpha value is -3.16. The molecule has 0 aliphatic heterocycles. The molecule has 27 heavy (non-hydrogen) atoms. The summed E-state index contributed by atoms with van der Waals surface area (Å²) >= 11 is 0. The lowest BCUT2D eigenvalue weighted by Gasteiger charge is -2.21. The van der Waals surface area contributed by atoms with Crippen molar-refractivity contribution in [1.82, 2.24) is 9.55 Å². The number of anilines is 1. The Morgan fingerprint density at radius 2 is 1.74 bits per heavy atom. The Bertz CT molecular complexity index is 1030. The molecule has 0 aliphatic carbocycles. The van der Waals surface area contributed by atoms with Crippen LogP contribution in [0.5, 0.6) is 0 Å². The SMILES string of the molecule is CC[C@H](C(=O)Nc1ccccc1)n1c(=O)c(C(F)(F)F)nc2ccccc21. The second-order valence-electron chi connectivity index (χ2n) is 5.90. The van der Waals surface area contributed by atoms with Gasteiger partial charge in [-0.15, -0.1) is 0 Å². The molecular formula is C19H16F3N3O2. The minimum Gasteiger partial charge on any atom is -0.324 e. The predicted molar refractivity (Wildman–Crippen MR) is 95.4 cm³/mol. The van der Waals surface area contributed by atoms with Gasteiger partial charge in [-0.3, -0.25) is 14.2 Å². The van der Waals surface area contributed by atoms with E-state index in [1.165, 1.54) is 18.2 Å². The number of hydrogen-bond acceptors (Lipinski definition) is 3. The first-order valence-corrected chi connectivity index (χ1v) is 8.27. The Balaban J connectivity index is 2.16. The van der Waals surface area contributed by atoms with Gasteiger partial charge in [0.15, 0.2) is 0 Å². The quantitative estimate of drug-likeness (QED) is 0.750. The summed E-state index contributed by atoms with van der Waals surface area (Å²) in [5.74, 6) is -0.574. The summed E-state index contributed by atoms with van der Waals surface area (Å²) in [4.78, 5) is 28.8. The number of alkyl halides is 3. The first-order chi connectivity index (χ1) is 12.8. The number of rotatable bonds is 4. The third kappa shape index (κ3) is 3.69. The van der Waals surface area contributed by atoms with Crippen LogP contribution in [0.2, 0.25) is 0 Å². The first-order valence-electron chi connectivity index (χ1n) is 8.27. The number of amides is 1. The highest BCUT2D eigenvalue weighted by molar-refractivity contribution is 5.94. The Morgan fingerprint density at radius 1 is 1.11 bits per heavy atom. The molecule has 1 heterocycles. The van der Waals surface area contributed by atoms with E-state index in [0.29, 0.717) is 5.69 Å². The molecule has 1 atom stereocenters. The van der Waals surface area contributed by atoms with Gasteiger partial charge in [0.05, 0.1) is 11.0 Å². The standard InChI is InChI=1S/C19H16F3N3O2/c1-2-14(17(26)23-12-8-4-3-5-9-12)25-15-11-7-6-10-13(15)24-16(18(25)27)19(20,21)22/h3-11,14H,2H2,1H3,(H,23,26)/t14-/m1/s1. The van der Waals surface area contributed by atoms with Gasteiger partial charge in [0.1, 0.15) is 6.04 Å². The summed E-state index contributed by atoms with van der Waals surface area (Å²) in [7, 11) is 0. The topological polar surface area (TPSA) is 64.0 Å². The van der Waals surface area contributed by atoms with Gasteiger partial charge >= 0.3 is 6.18 Å². The van der Waals surface area contributed by atoms with Crippen molar-refractivity contribution in [3.05, 3.63) is 70.6 Å². The molecule has 0 spiro atoms. The van der Waals surface area contributed by atoms with Gasteiger partial charge < -0.3 is 5.32 Å². The first kappa shape index (κ1) is 18.6. The molecular weight excluding hydrogens is 359 g/mol. The van der Waals surface area contributed by atoms with Crippen LogP contribution in [0.4, 0.5) is 18.9 Å². The van der Waals surface area contributed by atoms with Gasteiger partial charge in [0.25, 0.3) is 5.56 Å². The predicted octanol–water partition coefficient (Wildman–Crippen LogP) is 4.01. The van der Waals surface area contributed by atoms with Crippen molar-refractivity contribution in [1.29, 1.82) is 0 Å². The van der Waals surface area contributed by atoms with E-state index in [9.17, 15) is 22.8 Å². The summed E-state index contributed by atoms with van der Waals surface area (Å²) < 4.78 is 40.8. The highest BCUT2D eigenvalue weighted by Crippen LogP contribution is 2.28. The molecule has 0 saturated heterocycles. The van der Waals surface area contributed by atoms with Crippen molar-refractivity contribution in [2.24, 2.45) is 0 Å². The van der Waals surface area contributed by atoms with Crippen molar-refractivity contribution in [3.63, 3.8) is 0 Å². The zero-order valence-electron chi connectivity index (χ0n) is 14.3. The Labute approximate surface area is 152 Å². The summed E-state index contributed by atoms with van der Waals surface area (Å²) in [6.07, 6.45) is -4.79. The number of carbonyl (C=O) groups excluding carboxylic acids is 1. The highest BCUT2D eigenvalue weighted by Gasteiger charge is 2.38. The maximum atomic E-state index is 13.3. The number of benzene rings is 2. The minimum absolute atomic E-state index is 0.00427. The third-order valence-electron chi connectivity index (χ3n) is 4.11. The van der Waals surface area contributed by atoms with E-state index >= 15 is 0 Å². The monoisotopic (exact) mass is 375 g/mol. The average molecular weight is 375 g/mol. The van der Waals surface area contributed by atoms with Gasteiger partial charge in [0, 0.05) is 5.69 Å². The maximum Gasteiger partial charge on any atom is 0.438 e. The van der Waals surface area contributed by atoms with E-state index in [2.05, 4.69) is 10.3 Å². The molecule has 2 aromatic carbocycles. The number of hydrogen-bond donors (Lipinski definition) is 1. The van der Waals surface area contributed by atoms with Gasteiger partial charge in [-0.05, 0) is 30.7 Å². The van der Waals surface area contributed by atoms with Gasteiger partial charge in [-0.1, -0.05) is 37.3 Å². The van der Waals surface area contributed by atoms with Crippen LogP contribution in [0.15, 0.2) is 59.4 Å². The lowest BCUT2D eigenvalue weighted by Crippen LogP contribution is -2.37. The fourth-order valence-electron chi connectivity index (χ4n) is 2.88. The van der Waals surface area contributed by atoms with Gasteiger partial charge in [0.2, 0.25) is 11.6 Å². The van der Waals surface area contributed by atoms with Crippen molar-refractivity contribution in [2.75, 3.05) is 5.32 Å². The second-order valence-corrected chi connectivity index (χ2v) is 5.90. The lowest BCUT2D eigenvalue weighted by atomic mass is 10.1. The van der Waals surface area contributed by atoms with Crippen molar-refractivity contribution in [3.8, 4) is 0 Å². The Morgan fingerprint density at radius 3 is 2.37 bits per heavy atom. The summed E-state index contributed by atoms with van der Waals surface area (Å²) in [5, 5.41) is 2.64. The molecule has 0 radical (unpaired) electrons. The van der Waals surface area contributed by atoms with Crippen molar-refractivity contribution < 1.29 is 18.0 Å². The zero-order valence-corrected chi connectivity index (χ0v) is 14.3. The molecule has 0 saturated carbocycles. The van der Waals surface area contributed by atoms with Crippen LogP contribution in [-0.2, 0) is 11.0 Å². The molecule has 5 nitrogen and oxygen atoms in total. The molecule has 0 fully saturated rings. The van der Waals surface area contributed by atoms with E-state index in [1.54, 1.807) is 43.3 Å². The molecule has 1 aromatic heterocycles. The van der Waals surface area contributed by atoms with Crippen LogP contribution in [0.1, 0.15) is 25.1 Å². The van der Waals surface area contributed by atoms with Crippen LogP contribution in [-0.4, -0.2) is 15.5 Å². The molecule has 8 heteroatoms. The molecule has 0 unspecified atom stereocenters. The average Bonchev–Trinajstić information content (AvgIpc) is 2.63. The largest absolute Gasteiger partial charge is 0.438 e. The van der Waals surface area contributed by atoms with Crippen LogP contribution in [0, 0.1) is 0 Å². The van der Waals surface area contributed by atoms with Gasteiger partial charge in [-0.2, -0.15) is 13.2 Å². The fraction of sp³-hybridized carbons (Fsp3) is 0.211. The van der Waals surface area contributed by atoms with Crippen molar-refractivity contribution in [2.45, 2.75) is 25.6 Å². The maximum absolute atomic E-state index is 13.3. The number of fused-ring (bicyclic) bond motifs is 1. The molecule has 3 aromatic rings. The summed E-state index contributed by atoms with van der Waals surface area (Å²) in [6.45, 7) is 1.63. The Kier molecular flexibility index (Phi) is 4.98.